The van der Waals surface area contributed by atoms with Gasteiger partial charge in [0, 0.05) is 0 Å². The topological polar surface area (TPSA) is 52.0 Å². The highest BCUT2D eigenvalue weighted by Gasteiger charge is 2.11. The predicted octanol–water partition coefficient (Wildman–Crippen LogP) is 3.39. The van der Waals surface area contributed by atoms with Gasteiger partial charge in [0.2, 0.25) is 0 Å². The number of hydrogen-bond acceptors (Lipinski definition) is 2. The van der Waals surface area contributed by atoms with Crippen LogP contribution < -0.4 is 11.5 Å². The van der Waals surface area contributed by atoms with Crippen molar-refractivity contribution in [2.24, 2.45) is 0 Å². The van der Waals surface area contributed by atoms with E-state index >= 15 is 0 Å². The summed E-state index contributed by atoms with van der Waals surface area (Å²) in [5, 5.41) is 0. The average Bonchev–Trinajstić information content (AvgIpc) is 2.36. The molecule has 88 valence electrons. The van der Waals surface area contributed by atoms with Gasteiger partial charge in [0.1, 0.15) is 0 Å². The standard InChI is InChI=1S/C15H18N2/c1-3-12-10(2)15(17)14(16)9-13(12)11-7-5-4-6-8-11/h4-9H,3,16-17H2,1-2H3. The van der Waals surface area contributed by atoms with Crippen LogP contribution in [0.5, 0.6) is 0 Å². The Morgan fingerprint density at radius 3 is 2.29 bits per heavy atom. The highest BCUT2D eigenvalue weighted by molar-refractivity contribution is 5.80. The van der Waals surface area contributed by atoms with Crippen LogP contribution in [0, 0.1) is 6.92 Å². The summed E-state index contributed by atoms with van der Waals surface area (Å²) >= 11 is 0. The van der Waals surface area contributed by atoms with Crippen molar-refractivity contribution in [3.63, 3.8) is 0 Å². The lowest BCUT2D eigenvalue weighted by Crippen LogP contribution is -2.02. The van der Waals surface area contributed by atoms with E-state index < -0.39 is 0 Å². The summed E-state index contributed by atoms with van der Waals surface area (Å²) in [4.78, 5) is 0. The van der Waals surface area contributed by atoms with Gasteiger partial charge >= 0.3 is 0 Å². The third-order valence-corrected chi connectivity index (χ3v) is 3.23. The molecule has 2 nitrogen and oxygen atoms in total. The van der Waals surface area contributed by atoms with Crippen molar-refractivity contribution in [3.8, 4) is 11.1 Å². The minimum absolute atomic E-state index is 0.665. The Balaban J connectivity index is 2.70. The summed E-state index contributed by atoms with van der Waals surface area (Å²) < 4.78 is 0. The van der Waals surface area contributed by atoms with Crippen molar-refractivity contribution in [2.45, 2.75) is 20.3 Å². The van der Waals surface area contributed by atoms with Gasteiger partial charge in [-0.3, -0.25) is 0 Å². The molecule has 0 amide bonds. The Hall–Kier alpha value is -1.96. The quantitative estimate of drug-likeness (QED) is 0.771. The molecule has 0 saturated heterocycles. The molecule has 0 unspecified atom stereocenters. The molecule has 0 aliphatic carbocycles. The van der Waals surface area contributed by atoms with Crippen LogP contribution in [0.15, 0.2) is 36.4 Å². The fourth-order valence-corrected chi connectivity index (χ4v) is 2.23. The van der Waals surface area contributed by atoms with E-state index in [9.17, 15) is 0 Å². The van der Waals surface area contributed by atoms with Crippen LogP contribution in [0.3, 0.4) is 0 Å². The molecule has 0 heterocycles. The van der Waals surface area contributed by atoms with E-state index in [0.29, 0.717) is 11.4 Å². The van der Waals surface area contributed by atoms with Crippen LogP contribution in [-0.2, 0) is 6.42 Å². The van der Waals surface area contributed by atoms with E-state index in [-0.39, 0.29) is 0 Å². The molecular formula is C15H18N2. The molecule has 0 fully saturated rings. The second-order valence-corrected chi connectivity index (χ2v) is 4.25. The average molecular weight is 226 g/mol. The summed E-state index contributed by atoms with van der Waals surface area (Å²) in [5.41, 5.74) is 18.1. The van der Waals surface area contributed by atoms with Crippen molar-refractivity contribution in [2.75, 3.05) is 11.5 Å². The Labute approximate surface area is 102 Å². The molecule has 2 aromatic carbocycles. The zero-order chi connectivity index (χ0) is 12.4. The first-order valence-corrected chi connectivity index (χ1v) is 5.88. The fraction of sp³-hybridized carbons (Fsp3) is 0.200. The van der Waals surface area contributed by atoms with Crippen molar-refractivity contribution in [3.05, 3.63) is 47.5 Å². The van der Waals surface area contributed by atoms with E-state index in [4.69, 9.17) is 11.5 Å². The number of nitrogens with two attached hydrogens (primary N) is 2. The molecule has 0 aromatic heterocycles. The Bertz CT molecular complexity index is 530. The lowest BCUT2D eigenvalue weighted by Gasteiger charge is -2.15. The number of rotatable bonds is 2. The van der Waals surface area contributed by atoms with E-state index in [0.717, 1.165) is 12.0 Å². The summed E-state index contributed by atoms with van der Waals surface area (Å²) in [5.74, 6) is 0. The second kappa shape index (κ2) is 4.50. The molecule has 4 N–H and O–H groups in total. The van der Waals surface area contributed by atoms with Crippen LogP contribution in [0.1, 0.15) is 18.1 Å². The van der Waals surface area contributed by atoms with Crippen LogP contribution in [-0.4, -0.2) is 0 Å². The van der Waals surface area contributed by atoms with Crippen molar-refractivity contribution >= 4 is 11.4 Å². The monoisotopic (exact) mass is 226 g/mol. The zero-order valence-electron chi connectivity index (χ0n) is 10.3. The predicted molar refractivity (Wildman–Crippen MR) is 74.8 cm³/mol. The van der Waals surface area contributed by atoms with Crippen molar-refractivity contribution in [1.29, 1.82) is 0 Å². The summed E-state index contributed by atoms with van der Waals surface area (Å²) in [7, 11) is 0. The highest BCUT2D eigenvalue weighted by atomic mass is 14.7. The molecule has 0 saturated carbocycles. The number of nitrogen functional groups attached to an aromatic ring is 2. The van der Waals surface area contributed by atoms with E-state index in [2.05, 4.69) is 19.1 Å². The van der Waals surface area contributed by atoms with Crippen molar-refractivity contribution in [1.82, 2.24) is 0 Å². The van der Waals surface area contributed by atoms with Gasteiger partial charge in [0.05, 0.1) is 11.4 Å². The van der Waals surface area contributed by atoms with Gasteiger partial charge in [-0.15, -0.1) is 0 Å². The van der Waals surface area contributed by atoms with Crippen LogP contribution >= 0.6 is 0 Å². The number of benzene rings is 2. The third-order valence-electron chi connectivity index (χ3n) is 3.23. The first-order chi connectivity index (χ1) is 8.15. The molecular weight excluding hydrogens is 208 g/mol. The largest absolute Gasteiger partial charge is 0.397 e. The smallest absolute Gasteiger partial charge is 0.0580 e. The lowest BCUT2D eigenvalue weighted by molar-refractivity contribution is 1.11. The molecule has 0 radical (unpaired) electrons. The minimum atomic E-state index is 0.665. The molecule has 2 heteroatoms. The van der Waals surface area contributed by atoms with Gasteiger partial charge < -0.3 is 11.5 Å². The zero-order valence-corrected chi connectivity index (χ0v) is 10.3. The lowest BCUT2D eigenvalue weighted by atomic mass is 9.92. The number of anilines is 2. The molecule has 0 bridgehead atoms. The Morgan fingerprint density at radius 2 is 1.71 bits per heavy atom. The molecule has 2 rings (SSSR count). The van der Waals surface area contributed by atoms with Crippen molar-refractivity contribution < 1.29 is 0 Å². The van der Waals surface area contributed by atoms with Gasteiger partial charge in [0.25, 0.3) is 0 Å². The summed E-state index contributed by atoms with van der Waals surface area (Å²) in [6.07, 6.45) is 0.959. The van der Waals surface area contributed by atoms with E-state index in [1.165, 1.54) is 16.7 Å². The minimum Gasteiger partial charge on any atom is -0.397 e. The summed E-state index contributed by atoms with van der Waals surface area (Å²) in [6.45, 7) is 4.18. The maximum atomic E-state index is 5.98. The molecule has 0 aliphatic heterocycles. The van der Waals surface area contributed by atoms with Crippen LogP contribution in [0.25, 0.3) is 11.1 Å². The van der Waals surface area contributed by atoms with E-state index in [1.54, 1.807) is 0 Å². The van der Waals surface area contributed by atoms with Gasteiger partial charge in [-0.25, -0.2) is 0 Å². The van der Waals surface area contributed by atoms with Gasteiger partial charge in [-0.05, 0) is 41.7 Å². The molecule has 0 atom stereocenters. The Morgan fingerprint density at radius 1 is 1.06 bits per heavy atom. The van der Waals surface area contributed by atoms with Crippen LogP contribution in [0.4, 0.5) is 11.4 Å². The van der Waals surface area contributed by atoms with Crippen LogP contribution in [0.2, 0.25) is 0 Å². The molecule has 0 spiro atoms. The Kier molecular flexibility index (Phi) is 3.05. The molecule has 2 aromatic rings. The third kappa shape index (κ3) is 1.98. The van der Waals surface area contributed by atoms with E-state index in [1.807, 2.05) is 31.2 Å². The second-order valence-electron chi connectivity index (χ2n) is 4.25. The number of hydrogen-bond donors (Lipinski definition) is 2. The molecule has 17 heavy (non-hydrogen) atoms. The normalized spacial score (nSPS) is 10.5. The first kappa shape index (κ1) is 11.5. The summed E-state index contributed by atoms with van der Waals surface area (Å²) in [6, 6.07) is 12.3. The fourth-order valence-electron chi connectivity index (χ4n) is 2.23. The van der Waals surface area contributed by atoms with Gasteiger partial charge in [0.15, 0.2) is 0 Å². The van der Waals surface area contributed by atoms with Gasteiger partial charge in [-0.1, -0.05) is 37.3 Å². The molecule has 0 aliphatic rings. The highest BCUT2D eigenvalue weighted by Crippen LogP contribution is 2.33. The maximum Gasteiger partial charge on any atom is 0.0580 e. The maximum absolute atomic E-state index is 5.98. The van der Waals surface area contributed by atoms with Gasteiger partial charge in [-0.2, -0.15) is 0 Å². The first-order valence-electron chi connectivity index (χ1n) is 5.88. The SMILES string of the molecule is CCc1c(-c2ccccc2)cc(N)c(N)c1C.